The van der Waals surface area contributed by atoms with Gasteiger partial charge in [-0.25, -0.2) is 0 Å². The Kier molecular flexibility index (Phi) is 7.17. The topological polar surface area (TPSA) is 113 Å². The molecule has 0 aromatic heterocycles. The van der Waals surface area contributed by atoms with E-state index < -0.39 is 24.5 Å². The standard InChI is InChI=1S/C10H20N2O4S/c1-10(2,3-4-13)17-6-7(11)9(16)12-5-8(14)15/h7,13H,3-6,11H2,1-2H3,(H,12,16)(H,14,15). The summed E-state index contributed by atoms with van der Waals surface area (Å²) < 4.78 is -0.153. The van der Waals surface area contributed by atoms with Gasteiger partial charge in [0.15, 0.2) is 0 Å². The molecule has 0 heterocycles. The van der Waals surface area contributed by atoms with E-state index in [1.807, 2.05) is 13.8 Å². The smallest absolute Gasteiger partial charge is 0.322 e. The lowest BCUT2D eigenvalue weighted by Crippen LogP contribution is -2.44. The van der Waals surface area contributed by atoms with Crippen LogP contribution in [-0.4, -0.2) is 51.8 Å². The molecular weight excluding hydrogens is 244 g/mol. The van der Waals surface area contributed by atoms with Crippen molar-refractivity contribution in [1.82, 2.24) is 5.32 Å². The predicted octanol–water partition coefficient (Wildman–Crippen LogP) is -0.591. The summed E-state index contributed by atoms with van der Waals surface area (Å²) in [6.45, 7) is 3.57. The van der Waals surface area contributed by atoms with Crippen molar-refractivity contribution in [2.45, 2.75) is 31.1 Å². The Balaban J connectivity index is 3.96. The van der Waals surface area contributed by atoms with Crippen LogP contribution < -0.4 is 11.1 Å². The molecular formula is C10H20N2O4S. The Hall–Kier alpha value is -0.790. The SMILES string of the molecule is CC(C)(CCO)SCC(N)C(=O)NCC(=O)O. The quantitative estimate of drug-likeness (QED) is 0.466. The second-order valence-corrected chi connectivity index (χ2v) is 5.99. The summed E-state index contributed by atoms with van der Waals surface area (Å²) in [5.41, 5.74) is 5.62. The number of carbonyl (C=O) groups excluding carboxylic acids is 1. The number of carbonyl (C=O) groups is 2. The monoisotopic (exact) mass is 264 g/mol. The van der Waals surface area contributed by atoms with E-state index >= 15 is 0 Å². The van der Waals surface area contributed by atoms with Crippen molar-refractivity contribution in [3.63, 3.8) is 0 Å². The van der Waals surface area contributed by atoms with E-state index in [0.29, 0.717) is 12.2 Å². The van der Waals surface area contributed by atoms with Gasteiger partial charge in [0, 0.05) is 17.1 Å². The Labute approximate surface area is 105 Å². The van der Waals surface area contributed by atoms with E-state index in [1.54, 1.807) is 0 Å². The summed E-state index contributed by atoms with van der Waals surface area (Å²) in [4.78, 5) is 21.6. The van der Waals surface area contributed by atoms with E-state index in [9.17, 15) is 9.59 Å². The second-order valence-electron chi connectivity index (χ2n) is 4.26. The number of aliphatic carboxylic acids is 1. The largest absolute Gasteiger partial charge is 0.480 e. The Bertz CT molecular complexity index is 271. The van der Waals surface area contributed by atoms with Crippen molar-refractivity contribution in [3.8, 4) is 0 Å². The fourth-order valence-electron chi connectivity index (χ4n) is 1.03. The van der Waals surface area contributed by atoms with Crippen molar-refractivity contribution in [2.24, 2.45) is 5.73 Å². The maximum Gasteiger partial charge on any atom is 0.322 e. The summed E-state index contributed by atoms with van der Waals surface area (Å²) in [5.74, 6) is -1.18. The van der Waals surface area contributed by atoms with Crippen molar-refractivity contribution in [1.29, 1.82) is 0 Å². The first-order valence-electron chi connectivity index (χ1n) is 5.28. The molecule has 100 valence electrons. The van der Waals surface area contributed by atoms with E-state index in [-0.39, 0.29) is 11.4 Å². The first kappa shape index (κ1) is 16.2. The Morgan fingerprint density at radius 3 is 2.53 bits per heavy atom. The molecule has 0 fully saturated rings. The highest BCUT2D eigenvalue weighted by Crippen LogP contribution is 2.27. The Morgan fingerprint density at radius 1 is 1.47 bits per heavy atom. The summed E-state index contributed by atoms with van der Waals surface area (Å²) in [6, 6.07) is -0.739. The number of thioether (sulfide) groups is 1. The maximum absolute atomic E-state index is 11.4. The van der Waals surface area contributed by atoms with Gasteiger partial charge < -0.3 is 21.3 Å². The van der Waals surface area contributed by atoms with Crippen LogP contribution in [0.4, 0.5) is 0 Å². The lowest BCUT2D eigenvalue weighted by molar-refractivity contribution is -0.138. The van der Waals surface area contributed by atoms with Gasteiger partial charge in [0.2, 0.25) is 5.91 Å². The first-order valence-corrected chi connectivity index (χ1v) is 6.27. The maximum atomic E-state index is 11.4. The minimum Gasteiger partial charge on any atom is -0.480 e. The third-order valence-corrected chi connectivity index (χ3v) is 3.63. The molecule has 0 radical (unpaired) electrons. The molecule has 5 N–H and O–H groups in total. The minimum atomic E-state index is -1.10. The van der Waals surface area contributed by atoms with Gasteiger partial charge in [-0.05, 0) is 6.42 Å². The molecule has 0 spiro atoms. The highest BCUT2D eigenvalue weighted by Gasteiger charge is 2.22. The van der Waals surface area contributed by atoms with E-state index in [1.165, 1.54) is 11.8 Å². The van der Waals surface area contributed by atoms with Crippen LogP contribution >= 0.6 is 11.8 Å². The molecule has 7 heteroatoms. The molecule has 0 saturated heterocycles. The zero-order valence-electron chi connectivity index (χ0n) is 10.1. The molecule has 0 aliphatic heterocycles. The molecule has 0 aliphatic carbocycles. The lowest BCUT2D eigenvalue weighted by Gasteiger charge is -2.24. The van der Waals surface area contributed by atoms with E-state index in [2.05, 4.69) is 5.32 Å². The number of aliphatic hydroxyl groups is 1. The number of nitrogens with two attached hydrogens (primary N) is 1. The molecule has 17 heavy (non-hydrogen) atoms. The van der Waals surface area contributed by atoms with Gasteiger partial charge in [0.05, 0.1) is 6.04 Å². The van der Waals surface area contributed by atoms with Gasteiger partial charge in [-0.2, -0.15) is 11.8 Å². The fraction of sp³-hybridized carbons (Fsp3) is 0.800. The molecule has 1 atom stereocenters. The number of carboxylic acid groups (broad SMARTS) is 1. The molecule has 0 rings (SSSR count). The number of rotatable bonds is 8. The third kappa shape index (κ3) is 8.00. The third-order valence-electron chi connectivity index (χ3n) is 2.12. The average Bonchev–Trinajstić information content (AvgIpc) is 2.22. The van der Waals surface area contributed by atoms with Crippen LogP contribution in [0.1, 0.15) is 20.3 Å². The summed E-state index contributed by atoms with van der Waals surface area (Å²) in [5, 5.41) is 19.4. The number of hydrogen-bond acceptors (Lipinski definition) is 5. The number of aliphatic hydroxyl groups excluding tert-OH is 1. The number of amides is 1. The average molecular weight is 264 g/mol. The van der Waals surface area contributed by atoms with Gasteiger partial charge in [-0.15, -0.1) is 0 Å². The van der Waals surface area contributed by atoms with Gasteiger partial charge in [0.1, 0.15) is 6.54 Å². The van der Waals surface area contributed by atoms with Crippen LogP contribution in [0.5, 0.6) is 0 Å². The summed E-state index contributed by atoms with van der Waals surface area (Å²) >= 11 is 1.48. The first-order chi connectivity index (χ1) is 7.78. The molecule has 1 amide bonds. The van der Waals surface area contributed by atoms with E-state index in [4.69, 9.17) is 15.9 Å². The van der Waals surface area contributed by atoms with Gasteiger partial charge >= 0.3 is 5.97 Å². The van der Waals surface area contributed by atoms with Crippen LogP contribution in [0.25, 0.3) is 0 Å². The van der Waals surface area contributed by atoms with E-state index in [0.717, 1.165) is 0 Å². The fourth-order valence-corrected chi connectivity index (χ4v) is 2.04. The lowest BCUT2D eigenvalue weighted by atomic mass is 10.1. The molecule has 0 aromatic rings. The normalized spacial score (nSPS) is 13.2. The van der Waals surface area contributed by atoms with Crippen LogP contribution in [0.15, 0.2) is 0 Å². The van der Waals surface area contributed by atoms with Gasteiger partial charge in [-0.1, -0.05) is 13.8 Å². The van der Waals surface area contributed by atoms with Crippen LogP contribution in [0.3, 0.4) is 0 Å². The number of carboxylic acids is 1. The molecule has 0 saturated carbocycles. The zero-order valence-corrected chi connectivity index (χ0v) is 10.9. The number of nitrogens with one attached hydrogen (secondary N) is 1. The van der Waals surface area contributed by atoms with Crippen molar-refractivity contribution in [2.75, 3.05) is 18.9 Å². The predicted molar refractivity (Wildman–Crippen MR) is 66.9 cm³/mol. The van der Waals surface area contributed by atoms with Crippen molar-refractivity contribution >= 4 is 23.6 Å². The summed E-state index contributed by atoms with van der Waals surface area (Å²) in [7, 11) is 0. The highest BCUT2D eigenvalue weighted by molar-refractivity contribution is 8.00. The van der Waals surface area contributed by atoms with Gasteiger partial charge in [0.25, 0.3) is 0 Å². The van der Waals surface area contributed by atoms with Crippen molar-refractivity contribution in [3.05, 3.63) is 0 Å². The second kappa shape index (κ2) is 7.52. The molecule has 0 aliphatic rings. The molecule has 0 bridgehead atoms. The molecule has 6 nitrogen and oxygen atoms in total. The molecule has 1 unspecified atom stereocenters. The van der Waals surface area contributed by atoms with Crippen LogP contribution in [-0.2, 0) is 9.59 Å². The number of hydrogen-bond donors (Lipinski definition) is 4. The van der Waals surface area contributed by atoms with Crippen LogP contribution in [0, 0.1) is 0 Å². The van der Waals surface area contributed by atoms with Crippen molar-refractivity contribution < 1.29 is 19.8 Å². The van der Waals surface area contributed by atoms with Gasteiger partial charge in [-0.3, -0.25) is 9.59 Å². The Morgan fingerprint density at radius 2 is 2.06 bits per heavy atom. The minimum absolute atomic E-state index is 0.0838. The summed E-state index contributed by atoms with van der Waals surface area (Å²) in [6.07, 6.45) is 0.612. The zero-order chi connectivity index (χ0) is 13.5. The van der Waals surface area contributed by atoms with Crippen LogP contribution in [0.2, 0.25) is 0 Å². The highest BCUT2D eigenvalue weighted by atomic mass is 32.2. The molecule has 0 aromatic carbocycles.